The normalized spacial score (nSPS) is 20.7. The average Bonchev–Trinajstić information content (AvgIpc) is 2.19. The first-order chi connectivity index (χ1) is 7.68. The Morgan fingerprint density at radius 1 is 1.06 bits per heavy atom. The highest BCUT2D eigenvalue weighted by molar-refractivity contribution is 5.85. The van der Waals surface area contributed by atoms with Crippen LogP contribution in [0, 0.1) is 13.8 Å². The third kappa shape index (κ3) is 1.43. The second-order valence-corrected chi connectivity index (χ2v) is 4.00. The average molecular weight is 248 g/mol. The third-order valence-electron chi connectivity index (χ3n) is 2.60. The van der Waals surface area contributed by atoms with Crippen molar-refractivity contribution < 1.29 is 27.1 Å². The number of ether oxygens (including phenoxy) is 1. The standard InChI is InChI=1S/C11H8F4O2/c1-5-3-6(2)8-7(4-5)10(12,13)11(14,15)9(16)17-8/h3-4H,1-2H3. The van der Waals surface area contributed by atoms with Crippen LogP contribution in [0.2, 0.25) is 0 Å². The van der Waals surface area contributed by atoms with Crippen molar-refractivity contribution in [2.24, 2.45) is 0 Å². The summed E-state index contributed by atoms with van der Waals surface area (Å²) >= 11 is 0. The zero-order valence-electron chi connectivity index (χ0n) is 8.98. The van der Waals surface area contributed by atoms with E-state index in [0.29, 0.717) is 5.56 Å². The molecule has 0 unspecified atom stereocenters. The molecule has 1 aliphatic rings. The van der Waals surface area contributed by atoms with E-state index in [1.165, 1.54) is 19.9 Å². The summed E-state index contributed by atoms with van der Waals surface area (Å²) in [5, 5.41) is 0. The van der Waals surface area contributed by atoms with Gasteiger partial charge in [0.1, 0.15) is 5.75 Å². The summed E-state index contributed by atoms with van der Waals surface area (Å²) in [6.07, 6.45) is 0. The number of alkyl halides is 4. The maximum absolute atomic E-state index is 13.5. The van der Waals surface area contributed by atoms with Crippen LogP contribution >= 0.6 is 0 Å². The number of hydrogen-bond donors (Lipinski definition) is 0. The van der Waals surface area contributed by atoms with Crippen LogP contribution in [-0.4, -0.2) is 11.9 Å². The quantitative estimate of drug-likeness (QED) is 0.401. The molecule has 17 heavy (non-hydrogen) atoms. The number of hydrogen-bond acceptors (Lipinski definition) is 2. The van der Waals surface area contributed by atoms with Gasteiger partial charge in [-0.1, -0.05) is 11.6 Å². The van der Waals surface area contributed by atoms with E-state index in [1.807, 2.05) is 0 Å². The highest BCUT2D eigenvalue weighted by Gasteiger charge is 2.68. The van der Waals surface area contributed by atoms with Crippen molar-refractivity contribution in [2.45, 2.75) is 25.7 Å². The predicted octanol–water partition coefficient (Wildman–Crippen LogP) is 2.95. The summed E-state index contributed by atoms with van der Waals surface area (Å²) in [7, 11) is 0. The smallest absolute Gasteiger partial charge is 0.409 e. The Morgan fingerprint density at radius 2 is 1.65 bits per heavy atom. The molecule has 92 valence electrons. The van der Waals surface area contributed by atoms with E-state index in [4.69, 9.17) is 0 Å². The van der Waals surface area contributed by atoms with Gasteiger partial charge in [-0.05, 0) is 25.5 Å². The SMILES string of the molecule is Cc1cc(C)c2c(c1)C(F)(F)C(F)(F)C(=O)O2. The van der Waals surface area contributed by atoms with Crippen molar-refractivity contribution in [1.29, 1.82) is 0 Å². The van der Waals surface area contributed by atoms with Crippen LogP contribution in [-0.2, 0) is 10.7 Å². The summed E-state index contributed by atoms with van der Waals surface area (Å²) in [5.41, 5.74) is -0.321. The molecule has 0 radical (unpaired) electrons. The molecule has 0 saturated heterocycles. The van der Waals surface area contributed by atoms with Gasteiger partial charge in [0, 0.05) is 0 Å². The number of aryl methyl sites for hydroxylation is 2. The minimum atomic E-state index is -4.83. The van der Waals surface area contributed by atoms with Gasteiger partial charge in [0.2, 0.25) is 0 Å². The Morgan fingerprint density at radius 3 is 2.24 bits per heavy atom. The first-order valence-corrected chi connectivity index (χ1v) is 4.77. The fraction of sp³-hybridized carbons (Fsp3) is 0.364. The maximum atomic E-state index is 13.5. The van der Waals surface area contributed by atoms with Gasteiger partial charge in [-0.2, -0.15) is 17.6 Å². The van der Waals surface area contributed by atoms with Crippen molar-refractivity contribution >= 4 is 5.97 Å². The van der Waals surface area contributed by atoms with E-state index >= 15 is 0 Å². The van der Waals surface area contributed by atoms with Crippen LogP contribution in [0.3, 0.4) is 0 Å². The van der Waals surface area contributed by atoms with Gasteiger partial charge in [-0.3, -0.25) is 0 Å². The number of fused-ring (bicyclic) bond motifs is 1. The summed E-state index contributed by atoms with van der Waals surface area (Å²) in [4.78, 5) is 10.9. The minimum absolute atomic E-state index is 0.225. The Labute approximate surface area is 94.2 Å². The minimum Gasteiger partial charge on any atom is -0.421 e. The van der Waals surface area contributed by atoms with Gasteiger partial charge in [0.15, 0.2) is 0 Å². The maximum Gasteiger partial charge on any atom is 0.409 e. The highest BCUT2D eigenvalue weighted by atomic mass is 19.3. The Kier molecular flexibility index (Phi) is 2.24. The second-order valence-electron chi connectivity index (χ2n) is 4.00. The molecule has 0 aromatic heterocycles. The zero-order valence-corrected chi connectivity index (χ0v) is 8.98. The Balaban J connectivity index is 2.76. The molecule has 0 saturated carbocycles. The van der Waals surface area contributed by atoms with E-state index in [2.05, 4.69) is 4.74 Å². The molecule has 0 fully saturated rings. The van der Waals surface area contributed by atoms with Crippen LogP contribution in [0.15, 0.2) is 12.1 Å². The zero-order chi connectivity index (χ0) is 13.0. The van der Waals surface area contributed by atoms with Gasteiger partial charge in [-0.25, -0.2) is 4.79 Å². The van der Waals surface area contributed by atoms with Crippen LogP contribution in [0.5, 0.6) is 5.75 Å². The summed E-state index contributed by atoms with van der Waals surface area (Å²) < 4.78 is 57.6. The molecule has 1 aromatic rings. The molecule has 1 aromatic carbocycles. The van der Waals surface area contributed by atoms with E-state index in [0.717, 1.165) is 6.07 Å². The van der Waals surface area contributed by atoms with E-state index in [-0.39, 0.29) is 5.56 Å². The molecule has 0 spiro atoms. The topological polar surface area (TPSA) is 26.3 Å². The molecule has 1 heterocycles. The van der Waals surface area contributed by atoms with Gasteiger partial charge in [0.05, 0.1) is 5.56 Å². The van der Waals surface area contributed by atoms with E-state index in [1.54, 1.807) is 0 Å². The van der Waals surface area contributed by atoms with Crippen molar-refractivity contribution in [3.8, 4) is 5.75 Å². The van der Waals surface area contributed by atoms with Crippen LogP contribution in [0.4, 0.5) is 17.6 Å². The van der Waals surface area contributed by atoms with Crippen molar-refractivity contribution in [3.63, 3.8) is 0 Å². The molecule has 2 nitrogen and oxygen atoms in total. The molecule has 0 bridgehead atoms. The van der Waals surface area contributed by atoms with Gasteiger partial charge < -0.3 is 4.74 Å². The fourth-order valence-electron chi connectivity index (χ4n) is 1.78. The van der Waals surface area contributed by atoms with Gasteiger partial charge in [-0.15, -0.1) is 0 Å². The van der Waals surface area contributed by atoms with Crippen LogP contribution in [0.25, 0.3) is 0 Å². The van der Waals surface area contributed by atoms with E-state index in [9.17, 15) is 22.4 Å². The second kappa shape index (κ2) is 3.21. The molecular formula is C11H8F4O2. The lowest BCUT2D eigenvalue weighted by Crippen LogP contribution is -2.51. The summed E-state index contributed by atoms with van der Waals surface area (Å²) in [6.45, 7) is 2.91. The number of carbonyl (C=O) groups excluding carboxylic acids is 1. The van der Waals surface area contributed by atoms with Crippen molar-refractivity contribution in [1.82, 2.24) is 0 Å². The molecule has 0 N–H and O–H groups in total. The largest absolute Gasteiger partial charge is 0.421 e. The van der Waals surface area contributed by atoms with Crippen molar-refractivity contribution in [2.75, 3.05) is 0 Å². The number of halogens is 4. The molecular weight excluding hydrogens is 240 g/mol. The van der Waals surface area contributed by atoms with E-state index < -0.39 is 29.1 Å². The third-order valence-corrected chi connectivity index (χ3v) is 2.60. The van der Waals surface area contributed by atoms with Gasteiger partial charge >= 0.3 is 17.8 Å². The number of benzene rings is 1. The van der Waals surface area contributed by atoms with Crippen molar-refractivity contribution in [3.05, 3.63) is 28.8 Å². The lowest BCUT2D eigenvalue weighted by Gasteiger charge is -2.31. The highest BCUT2D eigenvalue weighted by Crippen LogP contribution is 2.51. The lowest BCUT2D eigenvalue weighted by atomic mass is 9.94. The van der Waals surface area contributed by atoms with Crippen LogP contribution < -0.4 is 4.74 Å². The molecule has 0 amide bonds. The molecule has 0 aliphatic carbocycles. The first-order valence-electron chi connectivity index (χ1n) is 4.77. The van der Waals surface area contributed by atoms with Gasteiger partial charge in [0.25, 0.3) is 0 Å². The summed E-state index contributed by atoms with van der Waals surface area (Å²) in [6, 6.07) is 2.38. The number of rotatable bonds is 0. The number of esters is 1. The fourth-order valence-corrected chi connectivity index (χ4v) is 1.78. The Bertz CT molecular complexity index is 508. The van der Waals surface area contributed by atoms with Crippen LogP contribution in [0.1, 0.15) is 16.7 Å². The molecule has 1 aliphatic heterocycles. The number of carbonyl (C=O) groups is 1. The molecule has 2 rings (SSSR count). The lowest BCUT2D eigenvalue weighted by molar-refractivity contribution is -0.234. The molecule has 6 heteroatoms. The predicted molar refractivity (Wildman–Crippen MR) is 50.4 cm³/mol. The first kappa shape index (κ1) is 11.9. The molecule has 0 atom stereocenters. The Hall–Kier alpha value is -1.59. The monoisotopic (exact) mass is 248 g/mol. The summed E-state index contributed by atoms with van der Waals surface area (Å²) in [5.74, 6) is -12.1.